The van der Waals surface area contributed by atoms with Crippen LogP contribution in [0.15, 0.2) is 18.2 Å². The molecule has 5 nitrogen and oxygen atoms in total. The monoisotopic (exact) mass is 276 g/mol. The Balaban J connectivity index is 1.94. The van der Waals surface area contributed by atoms with Crippen molar-refractivity contribution in [3.8, 4) is 0 Å². The summed E-state index contributed by atoms with van der Waals surface area (Å²) in [6.07, 6.45) is 2.39. The standard InChI is InChI=1S/C15H24N4O/c1-11-5-6-13(14(8-11)18-16)15(20)17-9-12-4-3-7-19(2)10-12/h5-6,8,12,18H,3-4,7,9-10,16H2,1-2H3,(H,17,20). The average molecular weight is 276 g/mol. The molecule has 0 spiro atoms. The number of carbonyl (C=O) groups is 1. The lowest BCUT2D eigenvalue weighted by Gasteiger charge is -2.29. The number of rotatable bonds is 4. The fourth-order valence-corrected chi connectivity index (χ4v) is 2.75. The number of anilines is 1. The first kappa shape index (κ1) is 14.8. The van der Waals surface area contributed by atoms with E-state index in [1.165, 1.54) is 12.8 Å². The highest BCUT2D eigenvalue weighted by Crippen LogP contribution is 2.17. The van der Waals surface area contributed by atoms with Crippen molar-refractivity contribution < 1.29 is 4.79 Å². The normalized spacial score (nSPS) is 19.6. The topological polar surface area (TPSA) is 70.4 Å². The minimum atomic E-state index is -0.0637. The summed E-state index contributed by atoms with van der Waals surface area (Å²) in [5.74, 6) is 5.95. The largest absolute Gasteiger partial charge is 0.352 e. The minimum Gasteiger partial charge on any atom is -0.352 e. The first-order chi connectivity index (χ1) is 9.60. The molecule has 0 aliphatic carbocycles. The number of carbonyl (C=O) groups excluding carboxylic acids is 1. The maximum Gasteiger partial charge on any atom is 0.253 e. The van der Waals surface area contributed by atoms with Gasteiger partial charge in [0.05, 0.1) is 11.3 Å². The molecule has 1 unspecified atom stereocenters. The quantitative estimate of drug-likeness (QED) is 0.573. The zero-order valence-electron chi connectivity index (χ0n) is 12.3. The number of amides is 1. The minimum absolute atomic E-state index is 0.0637. The number of hydrogen-bond acceptors (Lipinski definition) is 4. The predicted octanol–water partition coefficient (Wildman–Crippen LogP) is 1.35. The van der Waals surface area contributed by atoms with Gasteiger partial charge in [0.1, 0.15) is 0 Å². The molecule has 1 atom stereocenters. The number of hydrazine groups is 1. The summed E-state index contributed by atoms with van der Waals surface area (Å²) in [6.45, 7) is 4.90. The highest BCUT2D eigenvalue weighted by molar-refractivity contribution is 5.99. The average Bonchev–Trinajstić information content (AvgIpc) is 2.44. The molecular weight excluding hydrogens is 252 g/mol. The molecule has 20 heavy (non-hydrogen) atoms. The Labute approximate surface area is 120 Å². The fraction of sp³-hybridized carbons (Fsp3) is 0.533. The van der Waals surface area contributed by atoms with Crippen LogP contribution in [0, 0.1) is 12.8 Å². The van der Waals surface area contributed by atoms with Crippen molar-refractivity contribution in [3.05, 3.63) is 29.3 Å². The van der Waals surface area contributed by atoms with Gasteiger partial charge in [0.15, 0.2) is 0 Å². The van der Waals surface area contributed by atoms with Crippen molar-refractivity contribution >= 4 is 11.6 Å². The fourth-order valence-electron chi connectivity index (χ4n) is 2.75. The maximum atomic E-state index is 12.2. The van der Waals surface area contributed by atoms with Crippen LogP contribution in [0.5, 0.6) is 0 Å². The number of nitrogen functional groups attached to an aromatic ring is 1. The SMILES string of the molecule is Cc1ccc(C(=O)NCC2CCCN(C)C2)c(NN)c1. The smallest absolute Gasteiger partial charge is 0.253 e. The Kier molecular flexibility index (Phi) is 4.98. The molecule has 1 fully saturated rings. The van der Waals surface area contributed by atoms with Crippen LogP contribution in [0.25, 0.3) is 0 Å². The molecule has 1 aromatic carbocycles. The van der Waals surface area contributed by atoms with Crippen molar-refractivity contribution in [2.24, 2.45) is 11.8 Å². The molecule has 1 amide bonds. The summed E-state index contributed by atoms with van der Waals surface area (Å²) in [5.41, 5.74) is 4.93. The van der Waals surface area contributed by atoms with Gasteiger partial charge >= 0.3 is 0 Å². The molecule has 1 aliphatic rings. The van der Waals surface area contributed by atoms with E-state index in [4.69, 9.17) is 5.84 Å². The second-order valence-corrected chi connectivity index (χ2v) is 5.67. The van der Waals surface area contributed by atoms with Gasteiger partial charge in [0.25, 0.3) is 5.91 Å². The molecule has 1 aliphatic heterocycles. The molecule has 0 aromatic heterocycles. The maximum absolute atomic E-state index is 12.2. The number of benzene rings is 1. The molecule has 2 rings (SSSR count). The van der Waals surface area contributed by atoms with Crippen LogP contribution in [0.3, 0.4) is 0 Å². The number of nitrogens with two attached hydrogens (primary N) is 1. The lowest BCUT2D eigenvalue weighted by atomic mass is 9.98. The van der Waals surface area contributed by atoms with Crippen LogP contribution in [-0.2, 0) is 0 Å². The van der Waals surface area contributed by atoms with E-state index in [1.807, 2.05) is 25.1 Å². The second kappa shape index (κ2) is 6.72. The number of piperidine rings is 1. The van der Waals surface area contributed by atoms with Crippen molar-refractivity contribution in [2.45, 2.75) is 19.8 Å². The third-order valence-corrected chi connectivity index (χ3v) is 3.85. The van der Waals surface area contributed by atoms with Gasteiger partial charge in [0.2, 0.25) is 0 Å². The molecule has 5 heteroatoms. The summed E-state index contributed by atoms with van der Waals surface area (Å²) < 4.78 is 0. The third-order valence-electron chi connectivity index (χ3n) is 3.85. The van der Waals surface area contributed by atoms with Crippen LogP contribution < -0.4 is 16.6 Å². The molecule has 4 N–H and O–H groups in total. The molecule has 1 heterocycles. The molecular formula is C15H24N4O. The molecule has 1 saturated heterocycles. The Morgan fingerprint density at radius 2 is 2.30 bits per heavy atom. The van der Waals surface area contributed by atoms with Gasteiger partial charge in [-0.3, -0.25) is 10.6 Å². The predicted molar refractivity (Wildman–Crippen MR) is 81.5 cm³/mol. The van der Waals surface area contributed by atoms with Crippen molar-refractivity contribution in [2.75, 3.05) is 32.1 Å². The Hall–Kier alpha value is -1.59. The zero-order chi connectivity index (χ0) is 14.5. The number of nitrogens with zero attached hydrogens (tertiary/aromatic N) is 1. The van der Waals surface area contributed by atoms with E-state index < -0.39 is 0 Å². The molecule has 1 aromatic rings. The van der Waals surface area contributed by atoms with E-state index in [-0.39, 0.29) is 5.91 Å². The van der Waals surface area contributed by atoms with Crippen LogP contribution >= 0.6 is 0 Å². The molecule has 110 valence electrons. The summed E-state index contributed by atoms with van der Waals surface area (Å²) in [6, 6.07) is 5.61. The lowest BCUT2D eigenvalue weighted by Crippen LogP contribution is -2.39. The number of hydrogen-bond donors (Lipinski definition) is 3. The third kappa shape index (κ3) is 3.71. The molecule has 0 bridgehead atoms. The zero-order valence-corrected chi connectivity index (χ0v) is 12.3. The van der Waals surface area contributed by atoms with Crippen LogP contribution in [0.4, 0.5) is 5.69 Å². The van der Waals surface area contributed by atoms with E-state index in [1.54, 1.807) is 0 Å². The van der Waals surface area contributed by atoms with Crippen LogP contribution in [0.1, 0.15) is 28.8 Å². The van der Waals surface area contributed by atoms with Crippen molar-refractivity contribution in [1.82, 2.24) is 10.2 Å². The molecule has 0 saturated carbocycles. The van der Waals surface area contributed by atoms with E-state index in [0.717, 1.165) is 25.2 Å². The Morgan fingerprint density at radius 1 is 1.50 bits per heavy atom. The number of nitrogens with one attached hydrogen (secondary N) is 2. The van der Waals surface area contributed by atoms with E-state index in [0.29, 0.717) is 17.2 Å². The van der Waals surface area contributed by atoms with Gasteiger partial charge in [0, 0.05) is 13.1 Å². The Bertz CT molecular complexity index is 475. The van der Waals surface area contributed by atoms with Gasteiger partial charge in [-0.1, -0.05) is 6.07 Å². The highest BCUT2D eigenvalue weighted by Gasteiger charge is 2.18. The van der Waals surface area contributed by atoms with Crippen molar-refractivity contribution in [1.29, 1.82) is 0 Å². The van der Waals surface area contributed by atoms with E-state index in [9.17, 15) is 4.79 Å². The van der Waals surface area contributed by atoms with Gasteiger partial charge in [-0.25, -0.2) is 0 Å². The summed E-state index contributed by atoms with van der Waals surface area (Å²) in [7, 11) is 2.13. The van der Waals surface area contributed by atoms with E-state index >= 15 is 0 Å². The van der Waals surface area contributed by atoms with Gasteiger partial charge in [-0.05, 0) is 57.0 Å². The summed E-state index contributed by atoms with van der Waals surface area (Å²) in [4.78, 5) is 14.6. The van der Waals surface area contributed by atoms with Crippen molar-refractivity contribution in [3.63, 3.8) is 0 Å². The van der Waals surface area contributed by atoms with E-state index in [2.05, 4.69) is 22.7 Å². The second-order valence-electron chi connectivity index (χ2n) is 5.67. The highest BCUT2D eigenvalue weighted by atomic mass is 16.1. The van der Waals surface area contributed by atoms with Crippen LogP contribution in [0.2, 0.25) is 0 Å². The summed E-state index contributed by atoms with van der Waals surface area (Å²) >= 11 is 0. The Morgan fingerprint density at radius 3 is 3.00 bits per heavy atom. The summed E-state index contributed by atoms with van der Waals surface area (Å²) in [5, 5.41) is 3.02. The molecule has 0 radical (unpaired) electrons. The van der Waals surface area contributed by atoms with Crippen LogP contribution in [-0.4, -0.2) is 37.5 Å². The van der Waals surface area contributed by atoms with Gasteiger partial charge < -0.3 is 15.6 Å². The van der Waals surface area contributed by atoms with Gasteiger partial charge in [-0.15, -0.1) is 0 Å². The first-order valence-corrected chi connectivity index (χ1v) is 7.14. The number of likely N-dealkylation sites (tertiary alicyclic amines) is 1. The van der Waals surface area contributed by atoms with Gasteiger partial charge in [-0.2, -0.15) is 0 Å². The lowest BCUT2D eigenvalue weighted by molar-refractivity contribution is 0.0937. The number of aryl methyl sites for hydroxylation is 1. The first-order valence-electron chi connectivity index (χ1n) is 7.14.